The summed E-state index contributed by atoms with van der Waals surface area (Å²) >= 11 is 1.47. The first-order valence-electron chi connectivity index (χ1n) is 7.52. The lowest BCUT2D eigenvalue weighted by atomic mass is 10.1. The Morgan fingerprint density at radius 3 is 2.45 bits per heavy atom. The zero-order valence-corrected chi connectivity index (χ0v) is 15.4. The second kappa shape index (κ2) is 6.29. The third-order valence-electron chi connectivity index (χ3n) is 3.86. The first-order chi connectivity index (χ1) is 10.1. The average molecular weight is 345 g/mol. The van der Waals surface area contributed by atoms with Crippen LogP contribution in [0.2, 0.25) is 0 Å². The molecule has 0 aromatic carbocycles. The standard InChI is InChI=1S/C15H24N2O3S2/c1-10(2)9-16-6-7-17(12(4)15(16)18)22(19,20)14-8-11(3)21-13(14)5/h8,10,12H,6-7,9H2,1-5H3. The average Bonchev–Trinajstić information content (AvgIpc) is 2.74. The highest BCUT2D eigenvalue weighted by Gasteiger charge is 2.39. The van der Waals surface area contributed by atoms with Crippen LogP contribution in [0, 0.1) is 19.8 Å². The number of sulfonamides is 1. The molecule has 1 fully saturated rings. The Kier molecular flexibility index (Phi) is 4.99. The third-order valence-corrected chi connectivity index (χ3v) is 7.05. The smallest absolute Gasteiger partial charge is 0.244 e. The second-order valence-corrected chi connectivity index (χ2v) is 9.57. The molecule has 124 valence electrons. The minimum absolute atomic E-state index is 0.104. The van der Waals surface area contributed by atoms with Gasteiger partial charge in [0, 0.05) is 29.4 Å². The van der Waals surface area contributed by atoms with Crippen LogP contribution in [0.1, 0.15) is 30.5 Å². The third kappa shape index (κ3) is 3.21. The summed E-state index contributed by atoms with van der Waals surface area (Å²) in [6, 6.07) is 1.06. The van der Waals surface area contributed by atoms with Crippen LogP contribution < -0.4 is 0 Å². The number of amides is 1. The molecule has 1 aromatic rings. The molecule has 7 heteroatoms. The molecule has 0 spiro atoms. The normalized spacial score (nSPS) is 20.9. The summed E-state index contributed by atoms with van der Waals surface area (Å²) in [4.78, 5) is 16.3. The van der Waals surface area contributed by atoms with Crippen molar-refractivity contribution in [2.24, 2.45) is 5.92 Å². The first kappa shape index (κ1) is 17.4. The van der Waals surface area contributed by atoms with E-state index in [-0.39, 0.29) is 5.91 Å². The van der Waals surface area contributed by atoms with Gasteiger partial charge in [-0.05, 0) is 32.8 Å². The van der Waals surface area contributed by atoms with E-state index in [0.717, 1.165) is 9.75 Å². The van der Waals surface area contributed by atoms with Gasteiger partial charge in [-0.15, -0.1) is 11.3 Å². The van der Waals surface area contributed by atoms with Crippen molar-refractivity contribution >= 4 is 27.3 Å². The van der Waals surface area contributed by atoms with Crippen molar-refractivity contribution in [3.05, 3.63) is 15.8 Å². The maximum Gasteiger partial charge on any atom is 0.244 e. The number of carbonyl (C=O) groups excluding carboxylic acids is 1. The van der Waals surface area contributed by atoms with Gasteiger partial charge in [-0.2, -0.15) is 4.31 Å². The van der Waals surface area contributed by atoms with Gasteiger partial charge in [-0.3, -0.25) is 4.79 Å². The Morgan fingerprint density at radius 1 is 1.32 bits per heavy atom. The van der Waals surface area contributed by atoms with Gasteiger partial charge in [0.15, 0.2) is 0 Å². The van der Waals surface area contributed by atoms with Crippen molar-refractivity contribution in [3.8, 4) is 0 Å². The quantitative estimate of drug-likeness (QED) is 0.842. The summed E-state index contributed by atoms with van der Waals surface area (Å²) in [5.41, 5.74) is 0. The Labute approximate surface area is 137 Å². The summed E-state index contributed by atoms with van der Waals surface area (Å²) in [7, 11) is -3.61. The van der Waals surface area contributed by atoms with E-state index in [4.69, 9.17) is 0 Å². The van der Waals surface area contributed by atoms with E-state index in [0.29, 0.717) is 30.4 Å². The molecular formula is C15H24N2O3S2. The predicted molar refractivity (Wildman–Crippen MR) is 88.6 cm³/mol. The van der Waals surface area contributed by atoms with Crippen LogP contribution >= 0.6 is 11.3 Å². The fourth-order valence-electron chi connectivity index (χ4n) is 2.85. The van der Waals surface area contributed by atoms with Crippen LogP contribution in [0.4, 0.5) is 0 Å². The maximum atomic E-state index is 12.9. The van der Waals surface area contributed by atoms with Crippen molar-refractivity contribution < 1.29 is 13.2 Å². The van der Waals surface area contributed by atoms with Gasteiger partial charge >= 0.3 is 0 Å². The molecule has 0 N–H and O–H groups in total. The van der Waals surface area contributed by atoms with Gasteiger partial charge in [-0.25, -0.2) is 8.42 Å². The van der Waals surface area contributed by atoms with E-state index in [9.17, 15) is 13.2 Å². The highest BCUT2D eigenvalue weighted by Crippen LogP contribution is 2.30. The van der Waals surface area contributed by atoms with Crippen LogP contribution in [0.5, 0.6) is 0 Å². The fraction of sp³-hybridized carbons (Fsp3) is 0.667. The lowest BCUT2D eigenvalue weighted by Crippen LogP contribution is -2.57. The van der Waals surface area contributed by atoms with Crippen molar-refractivity contribution in [3.63, 3.8) is 0 Å². The van der Waals surface area contributed by atoms with Crippen molar-refractivity contribution in [1.29, 1.82) is 0 Å². The Hall–Kier alpha value is -0.920. The topological polar surface area (TPSA) is 57.7 Å². The second-order valence-electron chi connectivity index (χ2n) is 6.25. The number of carbonyl (C=O) groups is 1. The van der Waals surface area contributed by atoms with Crippen LogP contribution in [0.3, 0.4) is 0 Å². The minimum atomic E-state index is -3.61. The molecule has 1 aliphatic heterocycles. The van der Waals surface area contributed by atoms with E-state index >= 15 is 0 Å². The molecule has 0 bridgehead atoms. The number of nitrogens with zero attached hydrogens (tertiary/aromatic N) is 2. The largest absolute Gasteiger partial charge is 0.340 e. The van der Waals surface area contributed by atoms with Crippen LogP contribution in [-0.2, 0) is 14.8 Å². The zero-order valence-electron chi connectivity index (χ0n) is 13.8. The van der Waals surface area contributed by atoms with Crippen molar-refractivity contribution in [2.75, 3.05) is 19.6 Å². The van der Waals surface area contributed by atoms with Gasteiger partial charge < -0.3 is 4.90 Å². The lowest BCUT2D eigenvalue weighted by molar-refractivity contribution is -0.138. The molecule has 2 heterocycles. The number of hydrogen-bond donors (Lipinski definition) is 0. The van der Waals surface area contributed by atoms with Gasteiger partial charge in [0.2, 0.25) is 15.9 Å². The molecule has 1 amide bonds. The molecule has 1 saturated heterocycles. The molecule has 1 aromatic heterocycles. The van der Waals surface area contributed by atoms with Gasteiger partial charge in [0.25, 0.3) is 0 Å². The van der Waals surface area contributed by atoms with Crippen molar-refractivity contribution in [1.82, 2.24) is 9.21 Å². The molecule has 1 aliphatic rings. The van der Waals surface area contributed by atoms with Gasteiger partial charge in [0.05, 0.1) is 4.90 Å². The van der Waals surface area contributed by atoms with Crippen molar-refractivity contribution in [2.45, 2.75) is 45.6 Å². The molecule has 2 rings (SSSR count). The monoisotopic (exact) mass is 344 g/mol. The van der Waals surface area contributed by atoms with Gasteiger partial charge in [-0.1, -0.05) is 13.8 Å². The lowest BCUT2D eigenvalue weighted by Gasteiger charge is -2.38. The summed E-state index contributed by atoms with van der Waals surface area (Å²) in [5, 5.41) is 0. The first-order valence-corrected chi connectivity index (χ1v) is 9.78. The zero-order chi connectivity index (χ0) is 16.7. The summed E-state index contributed by atoms with van der Waals surface area (Å²) in [5.74, 6) is 0.272. The van der Waals surface area contributed by atoms with Gasteiger partial charge in [0.1, 0.15) is 6.04 Å². The predicted octanol–water partition coefficient (Wildman–Crippen LogP) is 2.24. The number of aryl methyl sites for hydroxylation is 2. The number of rotatable bonds is 4. The Bertz CT molecular complexity index is 664. The van der Waals surface area contributed by atoms with Crippen LogP contribution in [0.25, 0.3) is 0 Å². The van der Waals surface area contributed by atoms with E-state index < -0.39 is 16.1 Å². The van der Waals surface area contributed by atoms with E-state index in [1.165, 1.54) is 15.6 Å². The maximum absolute atomic E-state index is 12.9. The molecule has 22 heavy (non-hydrogen) atoms. The Morgan fingerprint density at radius 2 is 1.95 bits per heavy atom. The fourth-order valence-corrected chi connectivity index (χ4v) is 5.96. The number of thiophene rings is 1. The summed E-state index contributed by atoms with van der Waals surface area (Å²) in [6.07, 6.45) is 0. The molecule has 0 saturated carbocycles. The summed E-state index contributed by atoms with van der Waals surface area (Å²) < 4.78 is 27.1. The minimum Gasteiger partial charge on any atom is -0.340 e. The summed E-state index contributed by atoms with van der Waals surface area (Å²) in [6.45, 7) is 11.0. The molecule has 0 radical (unpaired) electrons. The molecule has 1 unspecified atom stereocenters. The Balaban J connectivity index is 2.27. The van der Waals surface area contributed by atoms with Crippen LogP contribution in [-0.4, -0.2) is 49.2 Å². The van der Waals surface area contributed by atoms with Crippen LogP contribution in [0.15, 0.2) is 11.0 Å². The molecule has 0 aliphatic carbocycles. The SMILES string of the molecule is Cc1cc(S(=O)(=O)N2CCN(CC(C)C)C(=O)C2C)c(C)s1. The number of piperazine rings is 1. The van der Waals surface area contributed by atoms with E-state index in [1.54, 1.807) is 17.9 Å². The number of hydrogen-bond acceptors (Lipinski definition) is 4. The molecule has 5 nitrogen and oxygen atoms in total. The van der Waals surface area contributed by atoms with E-state index in [1.807, 2.05) is 13.8 Å². The highest BCUT2D eigenvalue weighted by molar-refractivity contribution is 7.89. The molecule has 1 atom stereocenters. The van der Waals surface area contributed by atoms with E-state index in [2.05, 4.69) is 13.8 Å². The molecular weight excluding hydrogens is 320 g/mol. The highest BCUT2D eigenvalue weighted by atomic mass is 32.2.